The molecule has 0 aliphatic rings. The molecule has 1 atom stereocenters. The number of hydrogen-bond donors (Lipinski definition) is 1. The Labute approximate surface area is 94.6 Å². The molecule has 0 heterocycles. The summed E-state index contributed by atoms with van der Waals surface area (Å²) in [4.78, 5) is 0. The van der Waals surface area contributed by atoms with E-state index in [1.54, 1.807) is 20.1 Å². The molecule has 0 saturated carbocycles. The van der Waals surface area contributed by atoms with Crippen LogP contribution in [-0.4, -0.2) is 19.3 Å². The van der Waals surface area contributed by atoms with Gasteiger partial charge < -0.3 is 14.6 Å². The molecular weight excluding hydrogens is 216 g/mol. The largest absolute Gasteiger partial charge is 0.493 e. The molecule has 0 aliphatic carbocycles. The van der Waals surface area contributed by atoms with Crippen LogP contribution in [0.2, 0.25) is 5.02 Å². The Morgan fingerprint density at radius 1 is 1.27 bits per heavy atom. The molecule has 3 nitrogen and oxygen atoms in total. The Morgan fingerprint density at radius 2 is 1.80 bits per heavy atom. The molecule has 0 saturated heterocycles. The Hall–Kier alpha value is -0.930. The van der Waals surface area contributed by atoms with Crippen molar-refractivity contribution in [3.63, 3.8) is 0 Å². The normalized spacial score (nSPS) is 12.4. The highest BCUT2D eigenvalue weighted by Crippen LogP contribution is 2.41. The lowest BCUT2D eigenvalue weighted by atomic mass is 10.1. The zero-order valence-electron chi connectivity index (χ0n) is 9.30. The molecule has 0 aliphatic heterocycles. The molecule has 0 aromatic heterocycles. The molecule has 1 aromatic rings. The van der Waals surface area contributed by atoms with Crippen molar-refractivity contribution in [2.45, 2.75) is 20.0 Å². The Bertz CT molecular complexity index is 361. The molecule has 0 radical (unpaired) electrons. The summed E-state index contributed by atoms with van der Waals surface area (Å²) in [5.74, 6) is 1.11. The second kappa shape index (κ2) is 4.73. The van der Waals surface area contributed by atoms with Crippen molar-refractivity contribution >= 4 is 11.6 Å². The van der Waals surface area contributed by atoms with Gasteiger partial charge in [-0.1, -0.05) is 11.6 Å². The SMILES string of the molecule is COc1c(C(C)O)cc(Cl)c(C)c1OC. The summed E-state index contributed by atoms with van der Waals surface area (Å²) < 4.78 is 10.4. The summed E-state index contributed by atoms with van der Waals surface area (Å²) >= 11 is 6.02. The molecule has 0 bridgehead atoms. The van der Waals surface area contributed by atoms with Crippen LogP contribution in [0.3, 0.4) is 0 Å². The zero-order chi connectivity index (χ0) is 11.6. The maximum absolute atomic E-state index is 9.58. The lowest BCUT2D eigenvalue weighted by Gasteiger charge is -2.17. The van der Waals surface area contributed by atoms with Crippen LogP contribution in [-0.2, 0) is 0 Å². The predicted molar refractivity (Wildman–Crippen MR) is 59.9 cm³/mol. The molecule has 1 unspecified atom stereocenters. The van der Waals surface area contributed by atoms with E-state index in [4.69, 9.17) is 21.1 Å². The Kier molecular flexibility index (Phi) is 3.83. The Morgan fingerprint density at radius 3 is 2.20 bits per heavy atom. The number of ether oxygens (including phenoxy) is 2. The number of hydrogen-bond acceptors (Lipinski definition) is 3. The van der Waals surface area contributed by atoms with Gasteiger partial charge in [-0.05, 0) is 19.9 Å². The number of benzene rings is 1. The highest BCUT2D eigenvalue weighted by Gasteiger charge is 2.18. The van der Waals surface area contributed by atoms with Crippen LogP contribution in [0.25, 0.3) is 0 Å². The lowest BCUT2D eigenvalue weighted by molar-refractivity contribution is 0.193. The fraction of sp³-hybridized carbons (Fsp3) is 0.455. The summed E-state index contributed by atoms with van der Waals surface area (Å²) in [5, 5.41) is 10.1. The summed E-state index contributed by atoms with van der Waals surface area (Å²) in [6.45, 7) is 3.50. The summed E-state index contributed by atoms with van der Waals surface area (Å²) in [5.41, 5.74) is 1.44. The van der Waals surface area contributed by atoms with Gasteiger partial charge in [0.25, 0.3) is 0 Å². The van der Waals surface area contributed by atoms with E-state index in [1.165, 1.54) is 7.11 Å². The van der Waals surface area contributed by atoms with E-state index in [2.05, 4.69) is 0 Å². The summed E-state index contributed by atoms with van der Waals surface area (Å²) in [6.07, 6.45) is -0.646. The van der Waals surface area contributed by atoms with Crippen molar-refractivity contribution in [3.05, 3.63) is 22.2 Å². The van der Waals surface area contributed by atoms with Crippen LogP contribution in [0.1, 0.15) is 24.2 Å². The van der Waals surface area contributed by atoms with Crippen molar-refractivity contribution in [1.29, 1.82) is 0 Å². The third kappa shape index (κ3) is 2.19. The minimum absolute atomic E-state index is 0.536. The molecule has 4 heteroatoms. The smallest absolute Gasteiger partial charge is 0.166 e. The number of methoxy groups -OCH3 is 2. The molecule has 15 heavy (non-hydrogen) atoms. The first-order valence-corrected chi connectivity index (χ1v) is 4.99. The molecule has 0 spiro atoms. The number of halogens is 1. The summed E-state index contributed by atoms with van der Waals surface area (Å²) in [6, 6.07) is 1.70. The quantitative estimate of drug-likeness (QED) is 0.868. The van der Waals surface area contributed by atoms with Crippen LogP contribution in [0.15, 0.2) is 6.07 Å². The molecule has 1 aromatic carbocycles. The van der Waals surface area contributed by atoms with E-state index in [0.29, 0.717) is 22.1 Å². The fourth-order valence-electron chi connectivity index (χ4n) is 1.49. The Balaban J connectivity index is 3.47. The van der Waals surface area contributed by atoms with Crippen LogP contribution in [0, 0.1) is 6.92 Å². The molecule has 1 N–H and O–H groups in total. The number of aliphatic hydroxyl groups excluding tert-OH is 1. The van der Waals surface area contributed by atoms with Gasteiger partial charge in [0.2, 0.25) is 0 Å². The van der Waals surface area contributed by atoms with Gasteiger partial charge in [0.1, 0.15) is 0 Å². The standard InChI is InChI=1S/C11H15ClO3/c1-6-9(12)5-8(7(2)13)11(15-4)10(6)14-3/h5,7,13H,1-4H3. The van der Waals surface area contributed by atoms with Crippen molar-refractivity contribution in [2.24, 2.45) is 0 Å². The highest BCUT2D eigenvalue weighted by atomic mass is 35.5. The van der Waals surface area contributed by atoms with Gasteiger partial charge in [0, 0.05) is 16.1 Å². The van der Waals surface area contributed by atoms with Crippen LogP contribution in [0.5, 0.6) is 11.5 Å². The maximum atomic E-state index is 9.58. The van der Waals surface area contributed by atoms with Crippen LogP contribution < -0.4 is 9.47 Å². The van der Waals surface area contributed by atoms with Gasteiger partial charge >= 0.3 is 0 Å². The maximum Gasteiger partial charge on any atom is 0.166 e. The minimum atomic E-state index is -0.646. The van der Waals surface area contributed by atoms with Gasteiger partial charge in [-0.2, -0.15) is 0 Å². The number of rotatable bonds is 3. The molecule has 1 rings (SSSR count). The second-order valence-electron chi connectivity index (χ2n) is 3.32. The van der Waals surface area contributed by atoms with E-state index in [1.807, 2.05) is 6.92 Å². The average Bonchev–Trinajstić information content (AvgIpc) is 2.20. The molecule has 84 valence electrons. The predicted octanol–water partition coefficient (Wildman–Crippen LogP) is 2.72. The second-order valence-corrected chi connectivity index (χ2v) is 3.72. The topological polar surface area (TPSA) is 38.7 Å². The zero-order valence-corrected chi connectivity index (χ0v) is 10.1. The monoisotopic (exact) mass is 230 g/mol. The first-order chi connectivity index (χ1) is 7.02. The van der Waals surface area contributed by atoms with Gasteiger partial charge in [0.05, 0.1) is 20.3 Å². The van der Waals surface area contributed by atoms with Crippen molar-refractivity contribution in [1.82, 2.24) is 0 Å². The van der Waals surface area contributed by atoms with Crippen molar-refractivity contribution < 1.29 is 14.6 Å². The van der Waals surface area contributed by atoms with E-state index in [-0.39, 0.29) is 0 Å². The lowest BCUT2D eigenvalue weighted by Crippen LogP contribution is -2.01. The van der Waals surface area contributed by atoms with Crippen LogP contribution >= 0.6 is 11.6 Å². The first-order valence-electron chi connectivity index (χ1n) is 4.62. The minimum Gasteiger partial charge on any atom is -0.493 e. The average molecular weight is 231 g/mol. The van der Waals surface area contributed by atoms with Gasteiger partial charge in [-0.3, -0.25) is 0 Å². The van der Waals surface area contributed by atoms with E-state index < -0.39 is 6.10 Å². The molecule has 0 amide bonds. The van der Waals surface area contributed by atoms with Crippen molar-refractivity contribution in [2.75, 3.05) is 14.2 Å². The third-order valence-electron chi connectivity index (χ3n) is 2.31. The van der Waals surface area contributed by atoms with Gasteiger partial charge in [-0.15, -0.1) is 0 Å². The fourth-order valence-corrected chi connectivity index (χ4v) is 1.69. The van der Waals surface area contributed by atoms with Crippen LogP contribution in [0.4, 0.5) is 0 Å². The van der Waals surface area contributed by atoms with E-state index in [0.717, 1.165) is 5.56 Å². The third-order valence-corrected chi connectivity index (χ3v) is 2.70. The number of aliphatic hydroxyl groups is 1. The van der Waals surface area contributed by atoms with Gasteiger partial charge in [-0.25, -0.2) is 0 Å². The van der Waals surface area contributed by atoms with E-state index >= 15 is 0 Å². The van der Waals surface area contributed by atoms with Crippen molar-refractivity contribution in [3.8, 4) is 11.5 Å². The van der Waals surface area contributed by atoms with E-state index in [9.17, 15) is 5.11 Å². The highest BCUT2D eigenvalue weighted by molar-refractivity contribution is 6.31. The summed E-state index contributed by atoms with van der Waals surface area (Å²) in [7, 11) is 3.09. The van der Waals surface area contributed by atoms with Gasteiger partial charge in [0.15, 0.2) is 11.5 Å². The first kappa shape index (κ1) is 12.1. The molecular formula is C11H15ClO3. The molecule has 0 fully saturated rings.